The summed E-state index contributed by atoms with van der Waals surface area (Å²) in [6.07, 6.45) is 5.10. The first kappa shape index (κ1) is 13.0. The zero-order valence-corrected chi connectivity index (χ0v) is 11.8. The van der Waals surface area contributed by atoms with Crippen LogP contribution in [0.25, 0.3) is 0 Å². The van der Waals surface area contributed by atoms with Crippen molar-refractivity contribution in [3.05, 3.63) is 60.7 Å². The molecule has 2 aromatic carbocycles. The zero-order valence-electron chi connectivity index (χ0n) is 11.8. The fourth-order valence-corrected chi connectivity index (χ4v) is 2.97. The van der Waals surface area contributed by atoms with Gasteiger partial charge in [0.2, 0.25) is 0 Å². The molecule has 0 spiro atoms. The van der Waals surface area contributed by atoms with E-state index >= 15 is 0 Å². The van der Waals surface area contributed by atoms with Gasteiger partial charge in [-0.15, -0.1) is 0 Å². The van der Waals surface area contributed by atoms with Gasteiger partial charge in [0.25, 0.3) is 0 Å². The van der Waals surface area contributed by atoms with Crippen molar-refractivity contribution in [1.29, 1.82) is 0 Å². The second-order valence-electron chi connectivity index (χ2n) is 5.52. The summed E-state index contributed by atoms with van der Waals surface area (Å²) < 4.78 is 0. The molecule has 0 aromatic heterocycles. The SMILES string of the molecule is c1ccc(N[C@@H]2CCCC[C@H]2Nc2ccccc2)cc1. The van der Waals surface area contributed by atoms with Crippen molar-refractivity contribution in [2.45, 2.75) is 37.8 Å². The van der Waals surface area contributed by atoms with Crippen LogP contribution in [0.4, 0.5) is 11.4 Å². The fraction of sp³-hybridized carbons (Fsp3) is 0.333. The first-order valence-electron chi connectivity index (χ1n) is 7.55. The van der Waals surface area contributed by atoms with Crippen molar-refractivity contribution in [1.82, 2.24) is 0 Å². The molecule has 2 heteroatoms. The van der Waals surface area contributed by atoms with Crippen molar-refractivity contribution in [2.24, 2.45) is 0 Å². The summed E-state index contributed by atoms with van der Waals surface area (Å²) in [4.78, 5) is 0. The van der Waals surface area contributed by atoms with E-state index in [1.54, 1.807) is 0 Å². The Hall–Kier alpha value is -1.96. The highest BCUT2D eigenvalue weighted by molar-refractivity contribution is 5.47. The van der Waals surface area contributed by atoms with E-state index in [1.807, 2.05) is 0 Å². The molecule has 0 unspecified atom stereocenters. The maximum absolute atomic E-state index is 3.69. The van der Waals surface area contributed by atoms with Crippen LogP contribution in [0.3, 0.4) is 0 Å². The van der Waals surface area contributed by atoms with E-state index in [0.29, 0.717) is 12.1 Å². The van der Waals surface area contributed by atoms with Crippen molar-refractivity contribution in [2.75, 3.05) is 10.6 Å². The third-order valence-electron chi connectivity index (χ3n) is 4.02. The van der Waals surface area contributed by atoms with Crippen LogP contribution in [-0.4, -0.2) is 12.1 Å². The minimum atomic E-state index is 0.506. The molecule has 1 saturated carbocycles. The summed E-state index contributed by atoms with van der Waals surface area (Å²) in [5.74, 6) is 0. The first-order valence-corrected chi connectivity index (χ1v) is 7.55. The van der Waals surface area contributed by atoms with E-state index in [1.165, 1.54) is 37.1 Å². The summed E-state index contributed by atoms with van der Waals surface area (Å²) in [5, 5.41) is 7.38. The van der Waals surface area contributed by atoms with E-state index in [0.717, 1.165) is 0 Å². The Morgan fingerprint density at radius 3 is 1.40 bits per heavy atom. The average Bonchev–Trinajstić information content (AvgIpc) is 2.51. The minimum absolute atomic E-state index is 0.506. The molecule has 1 fully saturated rings. The summed E-state index contributed by atoms with van der Waals surface area (Å²) in [7, 11) is 0. The maximum Gasteiger partial charge on any atom is 0.0462 e. The molecule has 0 radical (unpaired) electrons. The lowest BCUT2D eigenvalue weighted by Gasteiger charge is -2.34. The molecule has 1 aliphatic carbocycles. The molecule has 0 heterocycles. The molecule has 2 atom stereocenters. The highest BCUT2D eigenvalue weighted by Crippen LogP contribution is 2.25. The van der Waals surface area contributed by atoms with Gasteiger partial charge in [-0.05, 0) is 37.1 Å². The van der Waals surface area contributed by atoms with Gasteiger partial charge in [-0.1, -0.05) is 49.2 Å². The van der Waals surface area contributed by atoms with Crippen LogP contribution in [0.1, 0.15) is 25.7 Å². The van der Waals surface area contributed by atoms with Crippen molar-refractivity contribution < 1.29 is 0 Å². The topological polar surface area (TPSA) is 24.1 Å². The molecule has 0 aliphatic heterocycles. The highest BCUT2D eigenvalue weighted by atomic mass is 15.0. The van der Waals surface area contributed by atoms with Crippen molar-refractivity contribution in [3.63, 3.8) is 0 Å². The van der Waals surface area contributed by atoms with Gasteiger partial charge in [-0.25, -0.2) is 0 Å². The van der Waals surface area contributed by atoms with Gasteiger partial charge in [0, 0.05) is 23.5 Å². The van der Waals surface area contributed by atoms with Crippen LogP contribution in [0.15, 0.2) is 60.7 Å². The summed E-state index contributed by atoms with van der Waals surface area (Å²) in [6, 6.07) is 22.1. The molecular weight excluding hydrogens is 244 g/mol. The fourth-order valence-electron chi connectivity index (χ4n) is 2.97. The number of hydrogen-bond donors (Lipinski definition) is 2. The van der Waals surface area contributed by atoms with Crippen molar-refractivity contribution >= 4 is 11.4 Å². The Bertz CT molecular complexity index is 460. The Morgan fingerprint density at radius 2 is 1.00 bits per heavy atom. The van der Waals surface area contributed by atoms with Gasteiger partial charge in [-0.2, -0.15) is 0 Å². The van der Waals surface area contributed by atoms with Crippen LogP contribution < -0.4 is 10.6 Å². The van der Waals surface area contributed by atoms with Crippen molar-refractivity contribution in [3.8, 4) is 0 Å². The molecule has 0 amide bonds. The lowest BCUT2D eigenvalue weighted by Crippen LogP contribution is -2.41. The molecular formula is C18H22N2. The van der Waals surface area contributed by atoms with E-state index in [4.69, 9.17) is 0 Å². The summed E-state index contributed by atoms with van der Waals surface area (Å²) in [5.41, 5.74) is 2.44. The Kier molecular flexibility index (Phi) is 4.22. The van der Waals surface area contributed by atoms with Crippen LogP contribution in [0, 0.1) is 0 Å². The number of rotatable bonds is 4. The molecule has 1 aliphatic rings. The Balaban J connectivity index is 1.68. The van der Waals surface area contributed by atoms with Crippen LogP contribution in [-0.2, 0) is 0 Å². The monoisotopic (exact) mass is 266 g/mol. The zero-order chi connectivity index (χ0) is 13.6. The van der Waals surface area contributed by atoms with Gasteiger partial charge < -0.3 is 10.6 Å². The number of benzene rings is 2. The van der Waals surface area contributed by atoms with E-state index in [2.05, 4.69) is 71.3 Å². The molecule has 2 aromatic rings. The van der Waals surface area contributed by atoms with Gasteiger partial charge in [-0.3, -0.25) is 0 Å². The summed E-state index contributed by atoms with van der Waals surface area (Å²) >= 11 is 0. The predicted molar refractivity (Wildman–Crippen MR) is 86.2 cm³/mol. The predicted octanol–water partition coefficient (Wildman–Crippen LogP) is 4.52. The summed E-state index contributed by atoms with van der Waals surface area (Å²) in [6.45, 7) is 0. The van der Waals surface area contributed by atoms with E-state index in [9.17, 15) is 0 Å². The highest BCUT2D eigenvalue weighted by Gasteiger charge is 2.24. The standard InChI is InChI=1S/C18H22N2/c1-3-9-15(10-4-1)19-17-13-7-8-14-18(17)20-16-11-5-2-6-12-16/h1-6,9-12,17-20H,7-8,13-14H2/t17-,18-/m1/s1. The Morgan fingerprint density at radius 1 is 0.600 bits per heavy atom. The second kappa shape index (κ2) is 6.47. The molecule has 0 bridgehead atoms. The number of anilines is 2. The third-order valence-corrected chi connectivity index (χ3v) is 4.02. The Labute approximate surface area is 121 Å². The van der Waals surface area contributed by atoms with Gasteiger partial charge in [0.15, 0.2) is 0 Å². The van der Waals surface area contributed by atoms with Gasteiger partial charge in [0.05, 0.1) is 0 Å². The smallest absolute Gasteiger partial charge is 0.0462 e. The number of para-hydroxylation sites is 2. The molecule has 2 N–H and O–H groups in total. The van der Waals surface area contributed by atoms with E-state index in [-0.39, 0.29) is 0 Å². The number of nitrogens with one attached hydrogen (secondary N) is 2. The lowest BCUT2D eigenvalue weighted by atomic mass is 9.90. The minimum Gasteiger partial charge on any atom is -0.380 e. The van der Waals surface area contributed by atoms with Crippen LogP contribution in [0.5, 0.6) is 0 Å². The normalized spacial score (nSPS) is 22.2. The van der Waals surface area contributed by atoms with Gasteiger partial charge in [0.1, 0.15) is 0 Å². The van der Waals surface area contributed by atoms with Gasteiger partial charge >= 0.3 is 0 Å². The molecule has 2 nitrogen and oxygen atoms in total. The quantitative estimate of drug-likeness (QED) is 0.850. The number of hydrogen-bond acceptors (Lipinski definition) is 2. The maximum atomic E-state index is 3.69. The largest absolute Gasteiger partial charge is 0.380 e. The lowest BCUT2D eigenvalue weighted by molar-refractivity contribution is 0.424. The first-order chi connectivity index (χ1) is 9.92. The molecule has 104 valence electrons. The second-order valence-corrected chi connectivity index (χ2v) is 5.52. The van der Waals surface area contributed by atoms with Crippen LogP contribution in [0.2, 0.25) is 0 Å². The van der Waals surface area contributed by atoms with E-state index < -0.39 is 0 Å². The molecule has 20 heavy (non-hydrogen) atoms. The van der Waals surface area contributed by atoms with Crippen LogP contribution >= 0.6 is 0 Å². The molecule has 0 saturated heterocycles. The average molecular weight is 266 g/mol. The molecule has 3 rings (SSSR count). The third kappa shape index (κ3) is 3.32.